The number of aromatic carboxylic acids is 1. The quantitative estimate of drug-likeness (QED) is 0.258. The molecule has 1 saturated heterocycles. The van der Waals surface area contributed by atoms with E-state index in [0.29, 0.717) is 35.5 Å². The van der Waals surface area contributed by atoms with Crippen LogP contribution in [0, 0.1) is 17.0 Å². The van der Waals surface area contributed by atoms with Gasteiger partial charge in [0.1, 0.15) is 12.4 Å². The van der Waals surface area contributed by atoms with Crippen LogP contribution in [0.5, 0.6) is 5.75 Å². The summed E-state index contributed by atoms with van der Waals surface area (Å²) in [5.74, 6) is -0.967. The minimum atomic E-state index is -1.26. The van der Waals surface area contributed by atoms with Crippen LogP contribution in [0.4, 0.5) is 11.4 Å². The minimum Gasteiger partial charge on any atom is -0.488 e. The second-order valence-corrected chi connectivity index (χ2v) is 9.36. The number of piperazine rings is 1. The zero-order valence-corrected chi connectivity index (χ0v) is 21.0. The number of carboxylic acids is 1. The molecule has 2 heterocycles. The van der Waals surface area contributed by atoms with Crippen LogP contribution >= 0.6 is 0 Å². The largest absolute Gasteiger partial charge is 0.488 e. The van der Waals surface area contributed by atoms with Gasteiger partial charge in [-0.25, -0.2) is 9.78 Å². The fourth-order valence-electron chi connectivity index (χ4n) is 4.85. The average Bonchev–Trinajstić information content (AvgIpc) is 2.93. The predicted molar refractivity (Wildman–Crippen MR) is 145 cm³/mol. The molecule has 1 fully saturated rings. The second-order valence-electron chi connectivity index (χ2n) is 9.36. The summed E-state index contributed by atoms with van der Waals surface area (Å²) in [7, 11) is 0. The third-order valence-electron chi connectivity index (χ3n) is 6.85. The Balaban J connectivity index is 1.50. The van der Waals surface area contributed by atoms with Crippen molar-refractivity contribution in [3.63, 3.8) is 0 Å². The van der Waals surface area contributed by atoms with Crippen LogP contribution in [0.1, 0.15) is 27.2 Å². The Morgan fingerprint density at radius 2 is 1.63 bits per heavy atom. The van der Waals surface area contributed by atoms with Gasteiger partial charge in [0.2, 0.25) is 0 Å². The van der Waals surface area contributed by atoms with Crippen molar-refractivity contribution in [2.24, 2.45) is 0 Å². The molecule has 0 aliphatic carbocycles. The van der Waals surface area contributed by atoms with Crippen LogP contribution < -0.4 is 9.64 Å². The number of rotatable bonds is 8. The molecular formula is C29H28N4O5. The van der Waals surface area contributed by atoms with Gasteiger partial charge < -0.3 is 14.7 Å². The van der Waals surface area contributed by atoms with Crippen molar-refractivity contribution >= 4 is 28.2 Å². The summed E-state index contributed by atoms with van der Waals surface area (Å²) in [4.78, 5) is 32.2. The smallest absolute Gasteiger partial charge is 0.354 e. The van der Waals surface area contributed by atoms with Gasteiger partial charge in [-0.15, -0.1) is 0 Å². The molecular weight excluding hydrogens is 484 g/mol. The highest BCUT2D eigenvalue weighted by molar-refractivity contribution is 6.00. The van der Waals surface area contributed by atoms with E-state index in [1.54, 1.807) is 6.92 Å². The van der Waals surface area contributed by atoms with Crippen LogP contribution in [0.3, 0.4) is 0 Å². The molecule has 0 amide bonds. The van der Waals surface area contributed by atoms with Crippen molar-refractivity contribution < 1.29 is 19.6 Å². The Bertz CT molecular complexity index is 1470. The Labute approximate surface area is 220 Å². The summed E-state index contributed by atoms with van der Waals surface area (Å²) in [6, 6.07) is 23.1. The van der Waals surface area contributed by atoms with E-state index in [2.05, 4.69) is 26.9 Å². The lowest BCUT2D eigenvalue weighted by Gasteiger charge is -2.36. The molecule has 1 aliphatic rings. The Hall–Kier alpha value is -4.50. The van der Waals surface area contributed by atoms with Crippen molar-refractivity contribution in [3.05, 3.63) is 105 Å². The molecule has 0 unspecified atom stereocenters. The number of nitro groups is 1. The lowest BCUT2D eigenvalue weighted by atomic mass is 10.0. The first-order valence-electron chi connectivity index (χ1n) is 12.4. The molecule has 38 heavy (non-hydrogen) atoms. The number of nitro benzene ring substituents is 1. The molecule has 1 N–H and O–H groups in total. The molecule has 5 rings (SSSR count). The van der Waals surface area contributed by atoms with Gasteiger partial charge in [0.05, 0.1) is 10.3 Å². The van der Waals surface area contributed by atoms with E-state index in [-0.39, 0.29) is 23.5 Å². The number of ether oxygens (including phenoxy) is 1. The number of fused-ring (bicyclic) bond motifs is 1. The summed E-state index contributed by atoms with van der Waals surface area (Å²) >= 11 is 0. The number of hydrogen-bond acceptors (Lipinski definition) is 7. The molecule has 3 aromatic carbocycles. The highest BCUT2D eigenvalue weighted by atomic mass is 16.6. The summed E-state index contributed by atoms with van der Waals surface area (Å²) in [5.41, 5.74) is 2.68. The average molecular weight is 513 g/mol. The van der Waals surface area contributed by atoms with Gasteiger partial charge in [-0.3, -0.25) is 15.0 Å². The van der Waals surface area contributed by atoms with E-state index < -0.39 is 10.9 Å². The molecule has 9 heteroatoms. The van der Waals surface area contributed by atoms with Crippen LogP contribution in [0.2, 0.25) is 0 Å². The maximum absolute atomic E-state index is 12.1. The second kappa shape index (κ2) is 10.9. The number of carboxylic acid groups (broad SMARTS) is 1. The molecule has 0 atom stereocenters. The van der Waals surface area contributed by atoms with Crippen LogP contribution in [0.25, 0.3) is 10.9 Å². The fraction of sp³-hybridized carbons (Fsp3) is 0.241. The molecule has 0 saturated carbocycles. The molecule has 0 bridgehead atoms. The summed E-state index contributed by atoms with van der Waals surface area (Å²) < 4.78 is 6.13. The van der Waals surface area contributed by atoms with Gasteiger partial charge in [0, 0.05) is 50.0 Å². The topological polar surface area (TPSA) is 109 Å². The van der Waals surface area contributed by atoms with E-state index >= 15 is 0 Å². The molecule has 194 valence electrons. The van der Waals surface area contributed by atoms with Gasteiger partial charge in [0.25, 0.3) is 5.69 Å². The van der Waals surface area contributed by atoms with Gasteiger partial charge in [-0.1, -0.05) is 60.7 Å². The first-order valence-corrected chi connectivity index (χ1v) is 12.4. The molecule has 1 aliphatic heterocycles. The number of aromatic nitrogens is 1. The molecule has 0 radical (unpaired) electrons. The maximum Gasteiger partial charge on any atom is 0.354 e. The minimum absolute atomic E-state index is 0.00697. The van der Waals surface area contributed by atoms with Crippen molar-refractivity contribution in [2.75, 3.05) is 31.1 Å². The monoisotopic (exact) mass is 512 g/mol. The number of carbonyl (C=O) groups is 1. The first-order chi connectivity index (χ1) is 18.4. The molecule has 4 aromatic rings. The van der Waals surface area contributed by atoms with Gasteiger partial charge in [0.15, 0.2) is 11.2 Å². The Morgan fingerprint density at radius 1 is 1.00 bits per heavy atom. The zero-order chi connectivity index (χ0) is 26.6. The highest BCUT2D eigenvalue weighted by Crippen LogP contribution is 2.39. The summed E-state index contributed by atoms with van der Waals surface area (Å²) in [6.07, 6.45) is 0. The van der Waals surface area contributed by atoms with Crippen LogP contribution in [-0.4, -0.2) is 52.1 Å². The van der Waals surface area contributed by atoms with Crippen LogP contribution in [-0.2, 0) is 13.2 Å². The number of non-ortho nitro benzene ring substituents is 1. The predicted octanol–water partition coefficient (Wildman–Crippen LogP) is 5.05. The molecule has 0 spiro atoms. The Morgan fingerprint density at radius 3 is 2.24 bits per heavy atom. The first kappa shape index (κ1) is 25.2. The number of hydrogen-bond donors (Lipinski definition) is 1. The molecule has 9 nitrogen and oxygen atoms in total. The third-order valence-corrected chi connectivity index (χ3v) is 6.85. The molecule has 1 aromatic heterocycles. The Kier molecular flexibility index (Phi) is 7.19. The van der Waals surface area contributed by atoms with Crippen molar-refractivity contribution in [1.82, 2.24) is 9.88 Å². The maximum atomic E-state index is 12.1. The standard InChI is InChI=1S/C29H28N4O5/c1-20-26(29(34)35)30-27-24(28(20)38-19-22-10-6-3-7-11-22)16-23(17-25(27)33(36)37)32-14-12-31(13-15-32)18-21-8-4-2-5-9-21/h2-11,16-17H,12-15,18-19H2,1H3,(H,34,35). The van der Waals surface area contributed by atoms with Gasteiger partial charge in [-0.2, -0.15) is 0 Å². The number of anilines is 1. The zero-order valence-electron chi connectivity index (χ0n) is 21.0. The number of nitrogens with zero attached hydrogens (tertiary/aromatic N) is 4. The van der Waals surface area contributed by atoms with Gasteiger partial charge in [-0.05, 0) is 24.1 Å². The number of pyridine rings is 1. The highest BCUT2D eigenvalue weighted by Gasteiger charge is 2.27. The summed E-state index contributed by atoms with van der Waals surface area (Å²) in [5, 5.41) is 22.3. The van der Waals surface area contributed by atoms with E-state index in [1.807, 2.05) is 54.6 Å². The lowest BCUT2D eigenvalue weighted by Crippen LogP contribution is -2.46. The van der Waals surface area contributed by atoms with Crippen molar-refractivity contribution in [3.8, 4) is 5.75 Å². The van der Waals surface area contributed by atoms with Crippen molar-refractivity contribution in [1.29, 1.82) is 0 Å². The van der Waals surface area contributed by atoms with E-state index in [9.17, 15) is 20.0 Å². The SMILES string of the molecule is Cc1c(C(=O)O)nc2c([N+](=O)[O-])cc(N3CCN(Cc4ccccc4)CC3)cc2c1OCc1ccccc1. The van der Waals surface area contributed by atoms with Crippen LogP contribution in [0.15, 0.2) is 72.8 Å². The van der Waals surface area contributed by atoms with E-state index in [1.165, 1.54) is 11.6 Å². The van der Waals surface area contributed by atoms with E-state index in [0.717, 1.165) is 25.2 Å². The van der Waals surface area contributed by atoms with Crippen molar-refractivity contribution in [2.45, 2.75) is 20.1 Å². The number of benzene rings is 3. The van der Waals surface area contributed by atoms with Gasteiger partial charge >= 0.3 is 5.97 Å². The lowest BCUT2D eigenvalue weighted by molar-refractivity contribution is -0.383. The summed E-state index contributed by atoms with van der Waals surface area (Å²) in [6.45, 7) is 5.70. The fourth-order valence-corrected chi connectivity index (χ4v) is 4.85. The normalized spacial score (nSPS) is 14.0. The van der Waals surface area contributed by atoms with E-state index in [4.69, 9.17) is 4.74 Å². The third kappa shape index (κ3) is 5.28.